The molecule has 3 nitrogen and oxygen atoms in total. The Balaban J connectivity index is 2.19. The lowest BCUT2D eigenvalue weighted by molar-refractivity contribution is 0.0961. The summed E-state index contributed by atoms with van der Waals surface area (Å²) in [6.07, 6.45) is 4.22. The summed E-state index contributed by atoms with van der Waals surface area (Å²) in [5.41, 5.74) is 0.665. The first-order valence-electron chi connectivity index (χ1n) is 4.75. The van der Waals surface area contributed by atoms with Crippen LogP contribution in [0.4, 0.5) is 0 Å². The van der Waals surface area contributed by atoms with E-state index in [2.05, 4.69) is 11.9 Å². The van der Waals surface area contributed by atoms with Gasteiger partial charge in [-0.05, 0) is 18.4 Å². The van der Waals surface area contributed by atoms with Gasteiger partial charge in [0.15, 0.2) is 5.78 Å². The summed E-state index contributed by atoms with van der Waals surface area (Å²) in [6.45, 7) is 2.09. The Labute approximate surface area is 83.1 Å². The van der Waals surface area contributed by atoms with Gasteiger partial charge in [-0.15, -0.1) is 0 Å². The van der Waals surface area contributed by atoms with Gasteiger partial charge < -0.3 is 4.74 Å². The molecular formula is C11H13NO2. The Morgan fingerprint density at radius 3 is 2.86 bits per heavy atom. The van der Waals surface area contributed by atoms with E-state index in [1.165, 1.54) is 0 Å². The van der Waals surface area contributed by atoms with Crippen molar-refractivity contribution >= 4 is 5.78 Å². The lowest BCUT2D eigenvalue weighted by atomic mass is 10.1. The summed E-state index contributed by atoms with van der Waals surface area (Å²) < 4.78 is 5.02. The highest BCUT2D eigenvalue weighted by Gasteiger charge is 2.39. The first-order valence-corrected chi connectivity index (χ1v) is 4.75. The Hall–Kier alpha value is -1.38. The average molecular weight is 191 g/mol. The van der Waals surface area contributed by atoms with Crippen molar-refractivity contribution in [1.82, 2.24) is 4.98 Å². The fraction of sp³-hybridized carbons (Fsp3) is 0.455. The lowest BCUT2D eigenvalue weighted by Crippen LogP contribution is -2.03. The van der Waals surface area contributed by atoms with Gasteiger partial charge >= 0.3 is 0 Å². The second kappa shape index (κ2) is 3.40. The Morgan fingerprint density at radius 2 is 2.29 bits per heavy atom. The zero-order chi connectivity index (χ0) is 10.1. The molecule has 1 heterocycles. The van der Waals surface area contributed by atoms with Crippen LogP contribution in [0.5, 0.6) is 5.75 Å². The van der Waals surface area contributed by atoms with Crippen molar-refractivity contribution in [2.24, 2.45) is 11.8 Å². The van der Waals surface area contributed by atoms with E-state index >= 15 is 0 Å². The molecule has 74 valence electrons. The predicted molar refractivity (Wildman–Crippen MR) is 52.4 cm³/mol. The van der Waals surface area contributed by atoms with E-state index in [0.29, 0.717) is 17.2 Å². The van der Waals surface area contributed by atoms with Crippen molar-refractivity contribution in [3.63, 3.8) is 0 Å². The van der Waals surface area contributed by atoms with Crippen molar-refractivity contribution in [2.45, 2.75) is 13.3 Å². The Bertz CT molecular complexity index is 362. The molecule has 1 fully saturated rings. The summed E-state index contributed by atoms with van der Waals surface area (Å²) >= 11 is 0. The molecule has 0 amide bonds. The number of hydrogen-bond acceptors (Lipinski definition) is 3. The fourth-order valence-corrected chi connectivity index (χ4v) is 1.57. The Morgan fingerprint density at radius 1 is 1.57 bits per heavy atom. The SMILES string of the molecule is COc1cncc(C(=O)C2CC2C)c1. The van der Waals surface area contributed by atoms with E-state index in [9.17, 15) is 4.79 Å². The molecule has 1 aromatic heterocycles. The van der Waals surface area contributed by atoms with Crippen LogP contribution in [0, 0.1) is 11.8 Å². The van der Waals surface area contributed by atoms with Crippen LogP contribution in [0.15, 0.2) is 18.5 Å². The molecule has 0 radical (unpaired) electrons. The number of rotatable bonds is 3. The number of pyridine rings is 1. The molecular weight excluding hydrogens is 178 g/mol. The standard InChI is InChI=1S/C11H13NO2/c1-7-3-10(7)11(13)8-4-9(14-2)6-12-5-8/h4-7,10H,3H2,1-2H3. The molecule has 0 aliphatic heterocycles. The van der Waals surface area contributed by atoms with Crippen molar-refractivity contribution in [3.05, 3.63) is 24.0 Å². The fourth-order valence-electron chi connectivity index (χ4n) is 1.57. The first-order chi connectivity index (χ1) is 6.72. The van der Waals surface area contributed by atoms with E-state index in [-0.39, 0.29) is 11.7 Å². The van der Waals surface area contributed by atoms with Crippen LogP contribution in [0.2, 0.25) is 0 Å². The molecule has 3 heteroatoms. The normalized spacial score (nSPS) is 24.4. The van der Waals surface area contributed by atoms with Crippen molar-refractivity contribution < 1.29 is 9.53 Å². The van der Waals surface area contributed by atoms with Gasteiger partial charge in [0.1, 0.15) is 5.75 Å². The molecule has 1 aliphatic carbocycles. The number of Topliss-reactive ketones (excluding diaryl/α,β-unsaturated/α-hetero) is 1. The van der Waals surface area contributed by atoms with Gasteiger partial charge in [0, 0.05) is 17.7 Å². The van der Waals surface area contributed by atoms with Gasteiger partial charge in [0.05, 0.1) is 13.3 Å². The molecule has 0 N–H and O–H groups in total. The summed E-state index contributed by atoms with van der Waals surface area (Å²) in [5, 5.41) is 0. The van der Waals surface area contributed by atoms with Crippen molar-refractivity contribution in [3.8, 4) is 5.75 Å². The van der Waals surface area contributed by atoms with E-state index in [1.807, 2.05) is 0 Å². The van der Waals surface area contributed by atoms with E-state index in [1.54, 1.807) is 25.6 Å². The molecule has 0 aromatic carbocycles. The molecule has 0 saturated heterocycles. The van der Waals surface area contributed by atoms with Crippen LogP contribution in [0.1, 0.15) is 23.7 Å². The highest BCUT2D eigenvalue weighted by molar-refractivity contribution is 5.99. The number of carbonyl (C=O) groups excluding carboxylic acids is 1. The molecule has 2 unspecified atom stereocenters. The molecule has 1 aromatic rings. The molecule has 2 atom stereocenters. The minimum absolute atomic E-state index is 0.198. The second-order valence-corrected chi connectivity index (χ2v) is 3.80. The van der Waals surface area contributed by atoms with E-state index in [0.717, 1.165) is 6.42 Å². The average Bonchev–Trinajstić information content (AvgIpc) is 2.94. The van der Waals surface area contributed by atoms with Gasteiger partial charge in [0.25, 0.3) is 0 Å². The molecule has 0 spiro atoms. The zero-order valence-corrected chi connectivity index (χ0v) is 8.36. The van der Waals surface area contributed by atoms with E-state index < -0.39 is 0 Å². The molecule has 1 saturated carbocycles. The molecule has 1 aliphatic rings. The van der Waals surface area contributed by atoms with Crippen LogP contribution >= 0.6 is 0 Å². The maximum absolute atomic E-state index is 11.8. The zero-order valence-electron chi connectivity index (χ0n) is 8.36. The number of aromatic nitrogens is 1. The quantitative estimate of drug-likeness (QED) is 0.685. The van der Waals surface area contributed by atoms with Gasteiger partial charge in [-0.3, -0.25) is 9.78 Å². The largest absolute Gasteiger partial charge is 0.495 e. The minimum Gasteiger partial charge on any atom is -0.495 e. The maximum atomic E-state index is 11.8. The third-order valence-electron chi connectivity index (χ3n) is 2.68. The highest BCUT2D eigenvalue weighted by Crippen LogP contribution is 2.40. The van der Waals surface area contributed by atoms with Gasteiger partial charge in [-0.2, -0.15) is 0 Å². The number of methoxy groups -OCH3 is 1. The van der Waals surface area contributed by atoms with Gasteiger partial charge in [-0.1, -0.05) is 6.92 Å². The third kappa shape index (κ3) is 1.62. The second-order valence-electron chi connectivity index (χ2n) is 3.80. The minimum atomic E-state index is 0.198. The molecule has 0 bridgehead atoms. The van der Waals surface area contributed by atoms with Crippen LogP contribution in [0.3, 0.4) is 0 Å². The number of carbonyl (C=O) groups is 1. The van der Waals surface area contributed by atoms with Gasteiger partial charge in [-0.25, -0.2) is 0 Å². The van der Waals surface area contributed by atoms with Crippen LogP contribution < -0.4 is 4.74 Å². The number of ether oxygens (including phenoxy) is 1. The van der Waals surface area contributed by atoms with Crippen LogP contribution in [-0.2, 0) is 0 Å². The summed E-state index contributed by atoms with van der Waals surface area (Å²) in [7, 11) is 1.57. The van der Waals surface area contributed by atoms with Crippen LogP contribution in [0.25, 0.3) is 0 Å². The topological polar surface area (TPSA) is 39.2 Å². The van der Waals surface area contributed by atoms with Crippen LogP contribution in [-0.4, -0.2) is 17.9 Å². The third-order valence-corrected chi connectivity index (χ3v) is 2.68. The number of nitrogens with zero attached hydrogens (tertiary/aromatic N) is 1. The highest BCUT2D eigenvalue weighted by atomic mass is 16.5. The van der Waals surface area contributed by atoms with Gasteiger partial charge in [0.2, 0.25) is 0 Å². The number of ketones is 1. The summed E-state index contributed by atoms with van der Waals surface area (Å²) in [6, 6.07) is 1.75. The Kier molecular flexibility index (Phi) is 2.23. The van der Waals surface area contributed by atoms with Crippen molar-refractivity contribution in [1.29, 1.82) is 0 Å². The predicted octanol–water partition coefficient (Wildman–Crippen LogP) is 1.93. The lowest BCUT2D eigenvalue weighted by Gasteiger charge is -2.01. The smallest absolute Gasteiger partial charge is 0.167 e. The number of hydrogen-bond donors (Lipinski definition) is 0. The maximum Gasteiger partial charge on any atom is 0.167 e. The monoisotopic (exact) mass is 191 g/mol. The molecule has 14 heavy (non-hydrogen) atoms. The van der Waals surface area contributed by atoms with E-state index in [4.69, 9.17) is 4.74 Å². The summed E-state index contributed by atoms with van der Waals surface area (Å²) in [4.78, 5) is 15.8. The first kappa shape index (κ1) is 9.19. The molecule has 2 rings (SSSR count). The summed E-state index contributed by atoms with van der Waals surface area (Å²) in [5.74, 6) is 1.59. The van der Waals surface area contributed by atoms with Crippen molar-refractivity contribution in [2.75, 3.05) is 7.11 Å².